The van der Waals surface area contributed by atoms with Crippen LogP contribution in [0.4, 0.5) is 0 Å². The molecule has 0 aromatic heterocycles. The highest BCUT2D eigenvalue weighted by molar-refractivity contribution is 7.44. The van der Waals surface area contributed by atoms with Crippen molar-refractivity contribution in [2.45, 2.75) is 128 Å². The average molecular weight is 532 g/mol. The lowest BCUT2D eigenvalue weighted by atomic mass is 9.75. The van der Waals surface area contributed by atoms with Gasteiger partial charge in [0.05, 0.1) is 0 Å². The van der Waals surface area contributed by atoms with E-state index in [1.165, 1.54) is 0 Å². The van der Waals surface area contributed by atoms with E-state index in [2.05, 4.69) is 84.5 Å². The standard InChI is InChI=1S/C28H58N3O4P/c1-20(2)31(21(3)4)36(34-15)35-22(16-29-23(32)27(11,12)18-25(5,6)7)17-30-24(33)28(13,14)19-26(8,9)10/h20-22H,16-19H2,1-15H3,(H,29,32)(H,30,33). The van der Waals surface area contributed by atoms with E-state index >= 15 is 0 Å². The van der Waals surface area contributed by atoms with E-state index in [1.807, 2.05) is 27.7 Å². The summed E-state index contributed by atoms with van der Waals surface area (Å²) >= 11 is 0. The van der Waals surface area contributed by atoms with Crippen LogP contribution < -0.4 is 10.6 Å². The van der Waals surface area contributed by atoms with Crippen molar-refractivity contribution in [3.63, 3.8) is 0 Å². The molecule has 0 heterocycles. The minimum atomic E-state index is -1.37. The van der Waals surface area contributed by atoms with Crippen LogP contribution in [-0.4, -0.2) is 54.9 Å². The third-order valence-electron chi connectivity index (χ3n) is 5.80. The van der Waals surface area contributed by atoms with Crippen LogP contribution in [0.2, 0.25) is 0 Å². The lowest BCUT2D eigenvalue weighted by molar-refractivity contribution is -0.131. The molecule has 0 aliphatic carbocycles. The van der Waals surface area contributed by atoms with Crippen LogP contribution in [0.5, 0.6) is 0 Å². The molecule has 7 nitrogen and oxygen atoms in total. The van der Waals surface area contributed by atoms with Crippen LogP contribution >= 0.6 is 8.53 Å². The number of hydrogen-bond donors (Lipinski definition) is 2. The van der Waals surface area contributed by atoms with Gasteiger partial charge < -0.3 is 19.7 Å². The molecule has 0 aliphatic heterocycles. The number of rotatable bonds is 14. The summed E-state index contributed by atoms with van der Waals surface area (Å²) in [5.41, 5.74) is -0.977. The van der Waals surface area contributed by atoms with Crippen LogP contribution in [0.1, 0.15) is 110 Å². The van der Waals surface area contributed by atoms with Gasteiger partial charge in [-0.05, 0) is 51.4 Å². The monoisotopic (exact) mass is 531 g/mol. The van der Waals surface area contributed by atoms with E-state index in [-0.39, 0.29) is 34.7 Å². The van der Waals surface area contributed by atoms with Gasteiger partial charge in [-0.25, -0.2) is 4.67 Å². The summed E-state index contributed by atoms with van der Waals surface area (Å²) in [5, 5.41) is 6.19. The Morgan fingerprint density at radius 1 is 0.722 bits per heavy atom. The molecule has 214 valence electrons. The molecule has 0 rings (SSSR count). The fourth-order valence-corrected chi connectivity index (χ4v) is 6.69. The number of carbonyl (C=O) groups is 2. The topological polar surface area (TPSA) is 79.9 Å². The molecule has 2 N–H and O–H groups in total. The summed E-state index contributed by atoms with van der Waals surface area (Å²) in [6.07, 6.45) is 1.09. The zero-order chi connectivity index (χ0) is 28.7. The maximum atomic E-state index is 13.1. The quantitative estimate of drug-likeness (QED) is 0.249. The van der Waals surface area contributed by atoms with Crippen molar-refractivity contribution < 1.29 is 18.6 Å². The van der Waals surface area contributed by atoms with Crippen molar-refractivity contribution in [1.82, 2.24) is 15.3 Å². The molecule has 0 aromatic carbocycles. The number of nitrogens with zero attached hydrogens (tertiary/aromatic N) is 1. The summed E-state index contributed by atoms with van der Waals surface area (Å²) in [6, 6.07) is 0.440. The van der Waals surface area contributed by atoms with Gasteiger partial charge in [0.15, 0.2) is 0 Å². The Bertz CT molecular complexity index is 642. The molecule has 1 unspecified atom stereocenters. The first kappa shape index (κ1) is 35.2. The van der Waals surface area contributed by atoms with Crippen LogP contribution in [0.25, 0.3) is 0 Å². The lowest BCUT2D eigenvalue weighted by Crippen LogP contribution is -2.48. The SMILES string of the molecule is COP(OC(CNC(=O)C(C)(C)CC(C)(C)C)CNC(=O)C(C)(C)CC(C)(C)C)N(C(C)C)C(C)C. The third kappa shape index (κ3) is 13.2. The van der Waals surface area contributed by atoms with Gasteiger partial charge in [-0.3, -0.25) is 9.59 Å². The first-order chi connectivity index (χ1) is 16.0. The normalized spacial score (nSPS) is 14.6. The summed E-state index contributed by atoms with van der Waals surface area (Å²) < 4.78 is 14.4. The Balaban J connectivity index is 5.66. The molecule has 0 aliphatic rings. The van der Waals surface area contributed by atoms with Gasteiger partial charge in [0, 0.05) is 43.1 Å². The molecule has 2 amide bonds. The van der Waals surface area contributed by atoms with Crippen LogP contribution in [0.3, 0.4) is 0 Å². The molecule has 36 heavy (non-hydrogen) atoms. The van der Waals surface area contributed by atoms with Crippen molar-refractivity contribution in [2.24, 2.45) is 21.7 Å². The molecule has 0 saturated heterocycles. The van der Waals surface area contributed by atoms with Gasteiger partial charge in [-0.15, -0.1) is 0 Å². The smallest absolute Gasteiger partial charge is 0.259 e. The van der Waals surface area contributed by atoms with Gasteiger partial charge in [-0.1, -0.05) is 69.2 Å². The number of amides is 2. The van der Waals surface area contributed by atoms with Crippen molar-refractivity contribution in [1.29, 1.82) is 0 Å². The van der Waals surface area contributed by atoms with E-state index in [0.29, 0.717) is 13.1 Å². The molecular formula is C28H58N3O4P. The average Bonchev–Trinajstić information content (AvgIpc) is 2.63. The number of carbonyl (C=O) groups excluding carboxylic acids is 2. The lowest BCUT2D eigenvalue weighted by Gasteiger charge is -2.37. The molecule has 0 aromatic rings. The molecule has 1 atom stereocenters. The van der Waals surface area contributed by atoms with E-state index in [9.17, 15) is 9.59 Å². The highest BCUT2D eigenvalue weighted by atomic mass is 31.2. The predicted octanol–water partition coefficient (Wildman–Crippen LogP) is 6.52. The third-order valence-corrected chi connectivity index (χ3v) is 7.89. The second kappa shape index (κ2) is 13.9. The first-order valence-corrected chi connectivity index (χ1v) is 14.5. The predicted molar refractivity (Wildman–Crippen MR) is 153 cm³/mol. The fourth-order valence-electron chi connectivity index (χ4n) is 5.14. The van der Waals surface area contributed by atoms with E-state index in [1.54, 1.807) is 7.11 Å². The maximum Gasteiger partial charge on any atom is 0.259 e. The minimum Gasteiger partial charge on any atom is -0.353 e. The Labute approximate surface area is 224 Å². The number of nitrogens with one attached hydrogen (secondary N) is 2. The summed E-state index contributed by atoms with van der Waals surface area (Å²) in [5.74, 6) is -0.0338. The Morgan fingerprint density at radius 2 is 1.06 bits per heavy atom. The van der Waals surface area contributed by atoms with Gasteiger partial charge >= 0.3 is 0 Å². The zero-order valence-corrected chi connectivity index (χ0v) is 27.0. The molecule has 0 bridgehead atoms. The van der Waals surface area contributed by atoms with Crippen molar-refractivity contribution in [3.05, 3.63) is 0 Å². The Hall–Kier alpha value is -0.750. The first-order valence-electron chi connectivity index (χ1n) is 13.4. The highest BCUT2D eigenvalue weighted by Gasteiger charge is 2.36. The summed E-state index contributed by atoms with van der Waals surface area (Å²) in [6.45, 7) is 29.8. The Morgan fingerprint density at radius 3 is 1.31 bits per heavy atom. The van der Waals surface area contributed by atoms with Gasteiger partial charge in [0.25, 0.3) is 8.53 Å². The summed E-state index contributed by atoms with van der Waals surface area (Å²) in [7, 11) is 0.278. The van der Waals surface area contributed by atoms with Gasteiger partial charge in [-0.2, -0.15) is 0 Å². The second-order valence-corrected chi connectivity index (χ2v) is 15.9. The van der Waals surface area contributed by atoms with Gasteiger partial charge in [0.1, 0.15) is 6.10 Å². The molecular weight excluding hydrogens is 473 g/mol. The van der Waals surface area contributed by atoms with E-state index in [0.717, 1.165) is 12.8 Å². The van der Waals surface area contributed by atoms with Crippen molar-refractivity contribution in [2.75, 3.05) is 20.2 Å². The van der Waals surface area contributed by atoms with Gasteiger partial charge in [0.2, 0.25) is 11.8 Å². The second-order valence-electron chi connectivity index (χ2n) is 14.4. The number of hydrogen-bond acceptors (Lipinski definition) is 5. The largest absolute Gasteiger partial charge is 0.353 e. The van der Waals surface area contributed by atoms with Crippen LogP contribution in [-0.2, 0) is 18.6 Å². The maximum absolute atomic E-state index is 13.1. The Kier molecular flexibility index (Phi) is 13.6. The molecule has 0 spiro atoms. The fraction of sp³-hybridized carbons (Fsp3) is 0.929. The van der Waals surface area contributed by atoms with E-state index in [4.69, 9.17) is 9.05 Å². The van der Waals surface area contributed by atoms with Crippen molar-refractivity contribution in [3.8, 4) is 0 Å². The summed E-state index contributed by atoms with van der Waals surface area (Å²) in [4.78, 5) is 26.2. The minimum absolute atomic E-state index is 0.0169. The van der Waals surface area contributed by atoms with Crippen LogP contribution in [0, 0.1) is 21.7 Å². The highest BCUT2D eigenvalue weighted by Crippen LogP contribution is 2.46. The molecule has 0 saturated carbocycles. The zero-order valence-electron chi connectivity index (χ0n) is 26.1. The molecule has 0 radical (unpaired) electrons. The molecule has 0 fully saturated rings. The molecule has 8 heteroatoms. The van der Waals surface area contributed by atoms with Crippen LogP contribution in [0.15, 0.2) is 0 Å². The van der Waals surface area contributed by atoms with Crippen molar-refractivity contribution >= 4 is 20.3 Å². The van der Waals surface area contributed by atoms with E-state index < -0.39 is 25.5 Å².